The van der Waals surface area contributed by atoms with E-state index in [1.807, 2.05) is 22.8 Å². The van der Waals surface area contributed by atoms with Crippen LogP contribution in [0.2, 0.25) is 0 Å². The summed E-state index contributed by atoms with van der Waals surface area (Å²) in [6, 6.07) is 5.82. The van der Waals surface area contributed by atoms with Crippen molar-refractivity contribution < 1.29 is 0 Å². The summed E-state index contributed by atoms with van der Waals surface area (Å²) in [6.45, 7) is 3.02. The second-order valence-corrected chi connectivity index (χ2v) is 4.40. The van der Waals surface area contributed by atoms with Gasteiger partial charge in [-0.2, -0.15) is 0 Å². The number of nitrogens with zero attached hydrogens (tertiary/aromatic N) is 3. The van der Waals surface area contributed by atoms with Gasteiger partial charge in [-0.05, 0) is 34.5 Å². The number of hydrogen-bond acceptors (Lipinski definition) is 3. The molecule has 0 fully saturated rings. The van der Waals surface area contributed by atoms with Crippen molar-refractivity contribution in [3.63, 3.8) is 0 Å². The first-order valence-corrected chi connectivity index (χ1v) is 5.95. The predicted octanol–water partition coefficient (Wildman–Crippen LogP) is 2.70. The van der Waals surface area contributed by atoms with Crippen LogP contribution < -0.4 is 5.73 Å². The molecule has 0 atom stereocenters. The molecule has 16 heavy (non-hydrogen) atoms. The van der Waals surface area contributed by atoms with Crippen LogP contribution in [-0.2, 0) is 6.54 Å². The van der Waals surface area contributed by atoms with Crippen LogP contribution in [0.1, 0.15) is 13.3 Å². The molecule has 0 spiro atoms. The molecule has 5 heteroatoms. The zero-order valence-corrected chi connectivity index (χ0v) is 10.6. The number of nitrogen functional groups attached to an aromatic ring is 1. The van der Waals surface area contributed by atoms with E-state index in [0.29, 0.717) is 5.69 Å². The van der Waals surface area contributed by atoms with E-state index in [0.717, 1.165) is 28.8 Å². The van der Waals surface area contributed by atoms with Gasteiger partial charge in [0.05, 0.1) is 5.69 Å². The van der Waals surface area contributed by atoms with Crippen molar-refractivity contribution in [1.82, 2.24) is 14.8 Å². The lowest BCUT2D eigenvalue weighted by Crippen LogP contribution is -2.01. The molecule has 1 heterocycles. The Balaban J connectivity index is 2.50. The molecule has 0 saturated carbocycles. The van der Waals surface area contributed by atoms with Crippen molar-refractivity contribution in [2.45, 2.75) is 19.9 Å². The lowest BCUT2D eigenvalue weighted by atomic mass is 10.1. The van der Waals surface area contributed by atoms with Gasteiger partial charge >= 0.3 is 0 Å². The van der Waals surface area contributed by atoms with Crippen molar-refractivity contribution in [2.75, 3.05) is 5.73 Å². The molecule has 0 unspecified atom stereocenters. The van der Waals surface area contributed by atoms with E-state index in [1.54, 1.807) is 6.33 Å². The largest absolute Gasteiger partial charge is 0.397 e. The summed E-state index contributed by atoms with van der Waals surface area (Å²) in [6.07, 6.45) is 2.78. The molecule has 4 nitrogen and oxygen atoms in total. The molecule has 2 aromatic rings. The average molecular weight is 281 g/mol. The van der Waals surface area contributed by atoms with Crippen LogP contribution in [0.4, 0.5) is 5.69 Å². The van der Waals surface area contributed by atoms with Gasteiger partial charge in [-0.1, -0.05) is 13.0 Å². The number of anilines is 1. The molecule has 0 radical (unpaired) electrons. The van der Waals surface area contributed by atoms with Gasteiger partial charge in [-0.25, -0.2) is 0 Å². The maximum absolute atomic E-state index is 6.01. The second-order valence-electron chi connectivity index (χ2n) is 3.55. The molecule has 2 rings (SSSR count). The van der Waals surface area contributed by atoms with Crippen LogP contribution in [0, 0.1) is 0 Å². The van der Waals surface area contributed by atoms with E-state index in [2.05, 4.69) is 33.1 Å². The molecular formula is C11H13BrN4. The monoisotopic (exact) mass is 280 g/mol. The fraction of sp³-hybridized carbons (Fsp3) is 0.273. The number of halogens is 1. The van der Waals surface area contributed by atoms with Crippen molar-refractivity contribution in [2.24, 2.45) is 0 Å². The summed E-state index contributed by atoms with van der Waals surface area (Å²) >= 11 is 3.41. The van der Waals surface area contributed by atoms with Crippen molar-refractivity contribution >= 4 is 21.6 Å². The SMILES string of the molecule is CCCn1cnnc1-c1cccc(Br)c1N. The van der Waals surface area contributed by atoms with Gasteiger partial charge in [0.15, 0.2) is 5.82 Å². The van der Waals surface area contributed by atoms with E-state index in [1.165, 1.54) is 0 Å². The van der Waals surface area contributed by atoms with E-state index in [9.17, 15) is 0 Å². The molecule has 84 valence electrons. The van der Waals surface area contributed by atoms with Crippen molar-refractivity contribution in [3.8, 4) is 11.4 Å². The Morgan fingerprint density at radius 3 is 3.00 bits per heavy atom. The lowest BCUT2D eigenvalue weighted by Gasteiger charge is -2.08. The molecule has 1 aromatic carbocycles. The fourth-order valence-corrected chi connectivity index (χ4v) is 1.97. The summed E-state index contributed by atoms with van der Waals surface area (Å²) in [5.74, 6) is 0.820. The van der Waals surface area contributed by atoms with Crippen LogP contribution in [0.5, 0.6) is 0 Å². The Bertz CT molecular complexity index is 492. The summed E-state index contributed by atoms with van der Waals surface area (Å²) in [4.78, 5) is 0. The van der Waals surface area contributed by atoms with Gasteiger partial charge in [0.2, 0.25) is 0 Å². The molecule has 0 aliphatic rings. The van der Waals surface area contributed by atoms with Gasteiger partial charge in [-0.3, -0.25) is 0 Å². The molecular weight excluding hydrogens is 268 g/mol. The third-order valence-corrected chi connectivity index (χ3v) is 3.07. The number of para-hydroxylation sites is 1. The molecule has 1 aromatic heterocycles. The standard InChI is InChI=1S/C11H13BrN4/c1-2-6-16-7-14-15-11(16)8-4-3-5-9(12)10(8)13/h3-5,7H,2,6,13H2,1H3. The quantitative estimate of drug-likeness (QED) is 0.880. The lowest BCUT2D eigenvalue weighted by molar-refractivity contribution is 0.683. The van der Waals surface area contributed by atoms with E-state index >= 15 is 0 Å². The minimum absolute atomic E-state index is 0.702. The highest BCUT2D eigenvalue weighted by Gasteiger charge is 2.11. The van der Waals surface area contributed by atoms with Gasteiger partial charge in [0, 0.05) is 16.6 Å². The van der Waals surface area contributed by atoms with Crippen LogP contribution in [0.25, 0.3) is 11.4 Å². The Hall–Kier alpha value is -1.36. The molecule has 0 aliphatic heterocycles. The van der Waals surface area contributed by atoms with E-state index < -0.39 is 0 Å². The molecule has 2 N–H and O–H groups in total. The predicted molar refractivity (Wildman–Crippen MR) is 67.9 cm³/mol. The first kappa shape index (κ1) is 11.1. The van der Waals surface area contributed by atoms with Gasteiger partial charge in [0.25, 0.3) is 0 Å². The van der Waals surface area contributed by atoms with Gasteiger partial charge < -0.3 is 10.3 Å². The fourth-order valence-electron chi connectivity index (χ4n) is 1.60. The summed E-state index contributed by atoms with van der Waals surface area (Å²) < 4.78 is 2.90. The smallest absolute Gasteiger partial charge is 0.165 e. The Morgan fingerprint density at radius 2 is 2.25 bits per heavy atom. The minimum atomic E-state index is 0.702. The zero-order valence-electron chi connectivity index (χ0n) is 9.02. The molecule has 0 bridgehead atoms. The summed E-state index contributed by atoms with van der Waals surface area (Å²) in [5, 5.41) is 8.05. The topological polar surface area (TPSA) is 56.7 Å². The average Bonchev–Trinajstić information content (AvgIpc) is 2.71. The maximum Gasteiger partial charge on any atom is 0.165 e. The minimum Gasteiger partial charge on any atom is -0.397 e. The number of rotatable bonds is 3. The Kier molecular flexibility index (Phi) is 3.24. The highest BCUT2D eigenvalue weighted by atomic mass is 79.9. The van der Waals surface area contributed by atoms with Crippen LogP contribution in [0.3, 0.4) is 0 Å². The molecule has 0 amide bonds. The number of aromatic nitrogens is 3. The number of benzene rings is 1. The van der Waals surface area contributed by atoms with Crippen LogP contribution in [0.15, 0.2) is 29.0 Å². The first-order chi connectivity index (χ1) is 7.74. The normalized spacial score (nSPS) is 10.6. The van der Waals surface area contributed by atoms with Crippen molar-refractivity contribution in [3.05, 3.63) is 29.0 Å². The second kappa shape index (κ2) is 4.65. The highest BCUT2D eigenvalue weighted by molar-refractivity contribution is 9.10. The molecule has 0 saturated heterocycles. The third-order valence-electron chi connectivity index (χ3n) is 2.37. The zero-order chi connectivity index (χ0) is 11.5. The number of nitrogens with two attached hydrogens (primary N) is 1. The highest BCUT2D eigenvalue weighted by Crippen LogP contribution is 2.30. The van der Waals surface area contributed by atoms with Crippen molar-refractivity contribution in [1.29, 1.82) is 0 Å². The number of aryl methyl sites for hydroxylation is 1. The summed E-state index contributed by atoms with van der Waals surface area (Å²) in [7, 11) is 0. The third kappa shape index (κ3) is 1.95. The van der Waals surface area contributed by atoms with E-state index in [4.69, 9.17) is 5.73 Å². The van der Waals surface area contributed by atoms with Gasteiger partial charge in [-0.15, -0.1) is 10.2 Å². The number of hydrogen-bond donors (Lipinski definition) is 1. The Morgan fingerprint density at radius 1 is 1.44 bits per heavy atom. The molecule has 0 aliphatic carbocycles. The van der Waals surface area contributed by atoms with Crippen LogP contribution >= 0.6 is 15.9 Å². The van der Waals surface area contributed by atoms with Gasteiger partial charge in [0.1, 0.15) is 6.33 Å². The Labute approximate surface area is 103 Å². The van der Waals surface area contributed by atoms with Crippen LogP contribution in [-0.4, -0.2) is 14.8 Å². The van der Waals surface area contributed by atoms with E-state index in [-0.39, 0.29) is 0 Å². The first-order valence-electron chi connectivity index (χ1n) is 5.16. The maximum atomic E-state index is 6.01. The summed E-state index contributed by atoms with van der Waals surface area (Å²) in [5.41, 5.74) is 7.63.